The van der Waals surface area contributed by atoms with E-state index in [1.165, 1.54) is 11.8 Å². The van der Waals surface area contributed by atoms with E-state index in [1.54, 1.807) is 0 Å². The van der Waals surface area contributed by atoms with Gasteiger partial charge in [0, 0.05) is 17.0 Å². The standard InChI is InChI=1S/C15H16N2O2S/c1-10-3-5-12(16)15(17-10)20-11-4-6-13-14(9-11)19-8-2-7-18-13/h3-6,9H,2,7-8,16H2,1H3. The number of anilines is 1. The Hall–Kier alpha value is -1.88. The number of pyridine rings is 1. The van der Waals surface area contributed by atoms with Gasteiger partial charge in [-0.1, -0.05) is 11.8 Å². The monoisotopic (exact) mass is 288 g/mol. The average Bonchev–Trinajstić information content (AvgIpc) is 2.67. The highest BCUT2D eigenvalue weighted by Gasteiger charge is 2.12. The molecule has 104 valence electrons. The smallest absolute Gasteiger partial charge is 0.162 e. The molecule has 1 aliphatic heterocycles. The lowest BCUT2D eigenvalue weighted by Crippen LogP contribution is -1.97. The molecule has 0 aliphatic carbocycles. The van der Waals surface area contributed by atoms with Crippen LogP contribution in [0.15, 0.2) is 40.3 Å². The summed E-state index contributed by atoms with van der Waals surface area (Å²) in [5, 5.41) is 0.819. The summed E-state index contributed by atoms with van der Waals surface area (Å²) in [6.45, 7) is 3.34. The van der Waals surface area contributed by atoms with Gasteiger partial charge in [-0.3, -0.25) is 0 Å². The molecule has 1 aromatic heterocycles. The van der Waals surface area contributed by atoms with E-state index in [0.29, 0.717) is 18.9 Å². The molecule has 2 heterocycles. The van der Waals surface area contributed by atoms with Crippen LogP contribution in [-0.4, -0.2) is 18.2 Å². The summed E-state index contributed by atoms with van der Waals surface area (Å²) in [4.78, 5) is 5.51. The second-order valence-corrected chi connectivity index (χ2v) is 5.67. The molecule has 0 spiro atoms. The first-order valence-corrected chi connectivity index (χ1v) is 7.34. The number of aryl methyl sites for hydroxylation is 1. The molecule has 0 unspecified atom stereocenters. The Morgan fingerprint density at radius 2 is 1.90 bits per heavy atom. The highest BCUT2D eigenvalue weighted by atomic mass is 32.2. The topological polar surface area (TPSA) is 57.4 Å². The molecule has 0 saturated carbocycles. The number of aromatic nitrogens is 1. The summed E-state index contributed by atoms with van der Waals surface area (Å²) < 4.78 is 11.3. The van der Waals surface area contributed by atoms with Gasteiger partial charge >= 0.3 is 0 Å². The van der Waals surface area contributed by atoms with Crippen molar-refractivity contribution in [2.45, 2.75) is 23.3 Å². The summed E-state index contributed by atoms with van der Waals surface area (Å²) in [5.74, 6) is 1.59. The number of hydrogen-bond donors (Lipinski definition) is 1. The van der Waals surface area contributed by atoms with Crippen LogP contribution in [0.3, 0.4) is 0 Å². The molecule has 2 aromatic rings. The van der Waals surface area contributed by atoms with Crippen LogP contribution in [0.4, 0.5) is 5.69 Å². The van der Waals surface area contributed by atoms with E-state index < -0.39 is 0 Å². The van der Waals surface area contributed by atoms with E-state index in [9.17, 15) is 0 Å². The summed E-state index contributed by atoms with van der Waals surface area (Å²) in [5.41, 5.74) is 7.60. The molecule has 0 bridgehead atoms. The number of ether oxygens (including phenoxy) is 2. The van der Waals surface area contributed by atoms with Gasteiger partial charge in [0.25, 0.3) is 0 Å². The molecule has 0 fully saturated rings. The molecule has 3 rings (SSSR count). The van der Waals surface area contributed by atoms with Crippen molar-refractivity contribution in [2.75, 3.05) is 18.9 Å². The van der Waals surface area contributed by atoms with Gasteiger partial charge in [0.15, 0.2) is 11.5 Å². The minimum atomic E-state index is 0.686. The van der Waals surface area contributed by atoms with Crippen LogP contribution in [-0.2, 0) is 0 Å². The lowest BCUT2D eigenvalue weighted by molar-refractivity contribution is 0.297. The summed E-state index contributed by atoms with van der Waals surface area (Å²) in [7, 11) is 0. The van der Waals surface area contributed by atoms with Gasteiger partial charge < -0.3 is 15.2 Å². The van der Waals surface area contributed by atoms with Crippen molar-refractivity contribution in [3.63, 3.8) is 0 Å². The van der Waals surface area contributed by atoms with E-state index in [-0.39, 0.29) is 0 Å². The zero-order chi connectivity index (χ0) is 13.9. The van der Waals surface area contributed by atoms with Crippen LogP contribution in [0.2, 0.25) is 0 Å². The van der Waals surface area contributed by atoms with Crippen molar-refractivity contribution in [1.82, 2.24) is 4.98 Å². The minimum Gasteiger partial charge on any atom is -0.490 e. The van der Waals surface area contributed by atoms with Crippen molar-refractivity contribution >= 4 is 17.4 Å². The second kappa shape index (κ2) is 5.63. The Labute approximate surface area is 122 Å². The van der Waals surface area contributed by atoms with Gasteiger partial charge in [-0.2, -0.15) is 0 Å². The number of nitrogens with zero attached hydrogens (tertiary/aromatic N) is 1. The Morgan fingerprint density at radius 3 is 2.75 bits per heavy atom. The summed E-state index contributed by atoms with van der Waals surface area (Å²) >= 11 is 1.54. The zero-order valence-electron chi connectivity index (χ0n) is 11.3. The second-order valence-electron chi connectivity index (χ2n) is 4.61. The van der Waals surface area contributed by atoms with Gasteiger partial charge in [-0.05, 0) is 37.3 Å². The Kier molecular flexibility index (Phi) is 3.69. The van der Waals surface area contributed by atoms with Crippen molar-refractivity contribution in [3.8, 4) is 11.5 Å². The highest BCUT2D eigenvalue weighted by molar-refractivity contribution is 7.99. The zero-order valence-corrected chi connectivity index (χ0v) is 12.1. The van der Waals surface area contributed by atoms with Crippen LogP contribution >= 0.6 is 11.8 Å². The van der Waals surface area contributed by atoms with Crippen LogP contribution in [0, 0.1) is 6.92 Å². The Bertz CT molecular complexity index is 631. The molecule has 1 aromatic carbocycles. The molecule has 4 nitrogen and oxygen atoms in total. The number of nitrogens with two attached hydrogens (primary N) is 1. The predicted octanol–water partition coefficient (Wildman–Crippen LogP) is 3.28. The number of hydrogen-bond acceptors (Lipinski definition) is 5. The molecule has 5 heteroatoms. The molecule has 0 saturated heterocycles. The van der Waals surface area contributed by atoms with E-state index in [4.69, 9.17) is 15.2 Å². The van der Waals surface area contributed by atoms with Crippen LogP contribution < -0.4 is 15.2 Å². The lowest BCUT2D eigenvalue weighted by atomic mass is 10.3. The molecular formula is C15H16N2O2S. The SMILES string of the molecule is Cc1ccc(N)c(Sc2ccc3c(c2)OCCCO3)n1. The van der Waals surface area contributed by atoms with E-state index in [0.717, 1.165) is 33.5 Å². The first-order valence-electron chi connectivity index (χ1n) is 6.53. The fourth-order valence-corrected chi connectivity index (χ4v) is 2.84. The lowest BCUT2D eigenvalue weighted by Gasteiger charge is -2.10. The third-order valence-corrected chi connectivity index (χ3v) is 3.97. The number of fused-ring (bicyclic) bond motifs is 1. The number of benzene rings is 1. The van der Waals surface area contributed by atoms with E-state index in [1.807, 2.05) is 37.3 Å². The molecular weight excluding hydrogens is 272 g/mol. The van der Waals surface area contributed by atoms with Crippen LogP contribution in [0.1, 0.15) is 12.1 Å². The Morgan fingerprint density at radius 1 is 1.10 bits per heavy atom. The summed E-state index contributed by atoms with van der Waals surface area (Å²) in [6, 6.07) is 9.71. The third-order valence-electron chi connectivity index (χ3n) is 2.96. The van der Waals surface area contributed by atoms with Gasteiger partial charge in [-0.15, -0.1) is 0 Å². The van der Waals surface area contributed by atoms with Gasteiger partial charge in [0.05, 0.1) is 18.9 Å². The van der Waals surface area contributed by atoms with Crippen LogP contribution in [0.25, 0.3) is 0 Å². The van der Waals surface area contributed by atoms with Gasteiger partial charge in [0.1, 0.15) is 5.03 Å². The maximum Gasteiger partial charge on any atom is 0.162 e. The number of nitrogen functional groups attached to an aromatic ring is 1. The molecule has 0 atom stereocenters. The van der Waals surface area contributed by atoms with Gasteiger partial charge in [0.2, 0.25) is 0 Å². The molecule has 0 radical (unpaired) electrons. The maximum atomic E-state index is 5.96. The maximum absolute atomic E-state index is 5.96. The fraction of sp³-hybridized carbons (Fsp3) is 0.267. The predicted molar refractivity (Wildman–Crippen MR) is 79.6 cm³/mol. The average molecular weight is 288 g/mol. The number of rotatable bonds is 2. The minimum absolute atomic E-state index is 0.686. The van der Waals surface area contributed by atoms with Crippen molar-refractivity contribution in [3.05, 3.63) is 36.0 Å². The molecule has 2 N–H and O–H groups in total. The van der Waals surface area contributed by atoms with Crippen LogP contribution in [0.5, 0.6) is 11.5 Å². The first kappa shape index (κ1) is 13.1. The van der Waals surface area contributed by atoms with Gasteiger partial charge in [-0.25, -0.2) is 4.98 Å². The van der Waals surface area contributed by atoms with Crippen molar-refractivity contribution in [2.24, 2.45) is 0 Å². The third kappa shape index (κ3) is 2.82. The molecule has 20 heavy (non-hydrogen) atoms. The van der Waals surface area contributed by atoms with Crippen molar-refractivity contribution in [1.29, 1.82) is 0 Å². The van der Waals surface area contributed by atoms with E-state index in [2.05, 4.69) is 4.98 Å². The summed E-state index contributed by atoms with van der Waals surface area (Å²) in [6.07, 6.45) is 0.906. The highest BCUT2D eigenvalue weighted by Crippen LogP contribution is 2.37. The molecule has 0 amide bonds. The normalized spacial score (nSPS) is 13.8. The quantitative estimate of drug-likeness (QED) is 0.919. The first-order chi connectivity index (χ1) is 9.72. The largest absolute Gasteiger partial charge is 0.490 e. The van der Waals surface area contributed by atoms with Crippen molar-refractivity contribution < 1.29 is 9.47 Å². The fourth-order valence-electron chi connectivity index (χ4n) is 1.94. The molecule has 1 aliphatic rings. The van der Waals surface area contributed by atoms with E-state index >= 15 is 0 Å². The Balaban J connectivity index is 1.87.